The van der Waals surface area contributed by atoms with E-state index in [9.17, 15) is 4.79 Å². The number of nitrogens with two attached hydrogens (primary N) is 1. The van der Waals surface area contributed by atoms with Gasteiger partial charge in [-0.2, -0.15) is 0 Å². The molecule has 0 aliphatic carbocycles. The molecule has 0 saturated carbocycles. The van der Waals surface area contributed by atoms with Crippen molar-refractivity contribution in [2.45, 2.75) is 13.8 Å². The summed E-state index contributed by atoms with van der Waals surface area (Å²) in [5.74, 6) is -0.256. The molecular weight excluding hydrogens is 214 g/mol. The molecule has 1 amide bonds. The lowest BCUT2D eigenvalue weighted by Crippen LogP contribution is -2.22. The third kappa shape index (κ3) is 3.24. The van der Waals surface area contributed by atoms with Gasteiger partial charge in [-0.1, -0.05) is 6.58 Å². The predicted molar refractivity (Wildman–Crippen MR) is 73.2 cm³/mol. The predicted octanol–water partition coefficient (Wildman–Crippen LogP) is 2.24. The molecule has 0 aromatic heterocycles. The Morgan fingerprint density at radius 1 is 1.47 bits per heavy atom. The summed E-state index contributed by atoms with van der Waals surface area (Å²) in [6.45, 7) is 9.41. The Bertz CT molecular complexity index is 411. The molecule has 4 nitrogen and oxygen atoms in total. The zero-order chi connectivity index (χ0) is 12.8. The first kappa shape index (κ1) is 13.1. The summed E-state index contributed by atoms with van der Waals surface area (Å²) < 4.78 is 0. The maximum atomic E-state index is 11.3. The molecule has 0 heterocycles. The summed E-state index contributed by atoms with van der Waals surface area (Å²) in [7, 11) is 0. The molecular formula is C13H19N3O. The fourth-order valence-corrected chi connectivity index (χ4v) is 1.62. The minimum Gasteiger partial charge on any atom is -0.397 e. The molecule has 0 radical (unpaired) electrons. The number of nitrogens with one attached hydrogen (secondary N) is 1. The molecule has 0 saturated heterocycles. The number of hydrogen-bond acceptors (Lipinski definition) is 3. The maximum Gasteiger partial charge on any atom is 0.247 e. The molecule has 17 heavy (non-hydrogen) atoms. The van der Waals surface area contributed by atoms with Crippen molar-refractivity contribution in [2.24, 2.45) is 0 Å². The topological polar surface area (TPSA) is 58.4 Å². The van der Waals surface area contributed by atoms with Gasteiger partial charge in [0.1, 0.15) is 0 Å². The number of rotatable bonds is 5. The largest absolute Gasteiger partial charge is 0.397 e. The molecule has 0 fully saturated rings. The van der Waals surface area contributed by atoms with E-state index in [0.717, 1.165) is 18.8 Å². The molecule has 0 spiro atoms. The van der Waals surface area contributed by atoms with Crippen LogP contribution in [0.3, 0.4) is 0 Å². The van der Waals surface area contributed by atoms with Gasteiger partial charge >= 0.3 is 0 Å². The number of anilines is 3. The van der Waals surface area contributed by atoms with Crippen molar-refractivity contribution in [3.05, 3.63) is 30.9 Å². The van der Waals surface area contributed by atoms with Crippen molar-refractivity contribution in [1.82, 2.24) is 0 Å². The Morgan fingerprint density at radius 3 is 2.65 bits per heavy atom. The van der Waals surface area contributed by atoms with Gasteiger partial charge in [0.25, 0.3) is 0 Å². The first-order valence-electron chi connectivity index (χ1n) is 5.70. The zero-order valence-electron chi connectivity index (χ0n) is 10.4. The Balaban J connectivity index is 3.01. The highest BCUT2D eigenvalue weighted by Gasteiger charge is 2.07. The summed E-state index contributed by atoms with van der Waals surface area (Å²) in [4.78, 5) is 13.4. The highest BCUT2D eigenvalue weighted by atomic mass is 16.1. The number of benzene rings is 1. The molecule has 92 valence electrons. The van der Waals surface area contributed by atoms with Crippen molar-refractivity contribution < 1.29 is 4.79 Å². The fraction of sp³-hybridized carbons (Fsp3) is 0.308. The Hall–Kier alpha value is -1.97. The monoisotopic (exact) mass is 233 g/mol. The summed E-state index contributed by atoms with van der Waals surface area (Å²) in [5.41, 5.74) is 8.03. The van der Waals surface area contributed by atoms with E-state index in [4.69, 9.17) is 5.73 Å². The van der Waals surface area contributed by atoms with Crippen LogP contribution >= 0.6 is 0 Å². The van der Waals surface area contributed by atoms with Crippen LogP contribution in [-0.2, 0) is 4.79 Å². The quantitative estimate of drug-likeness (QED) is 0.605. The average Bonchev–Trinajstić information content (AvgIpc) is 2.34. The van der Waals surface area contributed by atoms with Crippen LogP contribution in [0.2, 0.25) is 0 Å². The second-order valence-electron chi connectivity index (χ2n) is 3.64. The van der Waals surface area contributed by atoms with Crippen LogP contribution in [0.25, 0.3) is 0 Å². The lowest BCUT2D eigenvalue weighted by molar-refractivity contribution is -0.111. The average molecular weight is 233 g/mol. The van der Waals surface area contributed by atoms with Crippen molar-refractivity contribution in [2.75, 3.05) is 29.0 Å². The molecule has 0 atom stereocenters. The maximum absolute atomic E-state index is 11.3. The van der Waals surface area contributed by atoms with E-state index in [-0.39, 0.29) is 5.91 Å². The minimum atomic E-state index is -0.256. The summed E-state index contributed by atoms with van der Waals surface area (Å²) in [6.07, 6.45) is 1.23. The molecule has 1 rings (SSSR count). The van der Waals surface area contributed by atoms with Gasteiger partial charge in [-0.25, -0.2) is 0 Å². The Morgan fingerprint density at radius 2 is 2.12 bits per heavy atom. The second-order valence-corrected chi connectivity index (χ2v) is 3.64. The van der Waals surface area contributed by atoms with E-state index in [1.807, 2.05) is 12.1 Å². The van der Waals surface area contributed by atoms with Gasteiger partial charge in [0.05, 0.1) is 11.4 Å². The van der Waals surface area contributed by atoms with E-state index in [1.54, 1.807) is 6.07 Å². The standard InChI is InChI=1S/C13H19N3O/c1-4-13(17)15-12-9-10(7-8-11(12)14)16(5-2)6-3/h4,7-9H,1,5-6,14H2,2-3H3,(H,15,17). The fourth-order valence-electron chi connectivity index (χ4n) is 1.62. The Labute approximate surface area is 102 Å². The third-order valence-corrected chi connectivity index (χ3v) is 2.61. The van der Waals surface area contributed by atoms with E-state index in [2.05, 4.69) is 30.6 Å². The zero-order valence-corrected chi connectivity index (χ0v) is 10.4. The summed E-state index contributed by atoms with van der Waals surface area (Å²) in [5, 5.41) is 2.69. The van der Waals surface area contributed by atoms with Crippen LogP contribution in [0.4, 0.5) is 17.1 Å². The van der Waals surface area contributed by atoms with Crippen LogP contribution in [0, 0.1) is 0 Å². The van der Waals surface area contributed by atoms with Crippen molar-refractivity contribution in [3.63, 3.8) is 0 Å². The SMILES string of the molecule is C=CC(=O)Nc1cc(N(CC)CC)ccc1N. The van der Waals surface area contributed by atoms with Gasteiger partial charge in [0.2, 0.25) is 5.91 Å². The minimum absolute atomic E-state index is 0.256. The van der Waals surface area contributed by atoms with E-state index >= 15 is 0 Å². The van der Waals surface area contributed by atoms with Gasteiger partial charge < -0.3 is 16.0 Å². The second kappa shape index (κ2) is 5.94. The van der Waals surface area contributed by atoms with Crippen LogP contribution < -0.4 is 16.0 Å². The van der Waals surface area contributed by atoms with Gasteiger partial charge in [0, 0.05) is 18.8 Å². The molecule has 0 unspecified atom stereocenters. The van der Waals surface area contributed by atoms with Crippen LogP contribution in [0.15, 0.2) is 30.9 Å². The van der Waals surface area contributed by atoms with Gasteiger partial charge in [0.15, 0.2) is 0 Å². The number of carbonyl (C=O) groups excluding carboxylic acids is 1. The molecule has 0 bridgehead atoms. The van der Waals surface area contributed by atoms with Gasteiger partial charge in [-0.05, 0) is 38.1 Å². The lowest BCUT2D eigenvalue weighted by atomic mass is 10.2. The summed E-state index contributed by atoms with van der Waals surface area (Å²) in [6, 6.07) is 5.63. The number of hydrogen-bond donors (Lipinski definition) is 2. The van der Waals surface area contributed by atoms with Gasteiger partial charge in [-0.3, -0.25) is 4.79 Å². The third-order valence-electron chi connectivity index (χ3n) is 2.61. The summed E-state index contributed by atoms with van der Waals surface area (Å²) >= 11 is 0. The first-order valence-corrected chi connectivity index (χ1v) is 5.70. The number of nitrogens with zero attached hydrogens (tertiary/aromatic N) is 1. The number of carbonyl (C=O) groups is 1. The van der Waals surface area contributed by atoms with Gasteiger partial charge in [-0.15, -0.1) is 0 Å². The molecule has 1 aromatic carbocycles. The highest BCUT2D eigenvalue weighted by molar-refractivity contribution is 6.01. The van der Waals surface area contributed by atoms with Crippen LogP contribution in [-0.4, -0.2) is 19.0 Å². The molecule has 3 N–H and O–H groups in total. The smallest absolute Gasteiger partial charge is 0.247 e. The molecule has 1 aromatic rings. The molecule has 0 aliphatic heterocycles. The van der Waals surface area contributed by atoms with E-state index in [0.29, 0.717) is 11.4 Å². The van der Waals surface area contributed by atoms with Crippen molar-refractivity contribution in [1.29, 1.82) is 0 Å². The van der Waals surface area contributed by atoms with Crippen molar-refractivity contribution in [3.8, 4) is 0 Å². The van der Waals surface area contributed by atoms with E-state index in [1.165, 1.54) is 6.08 Å². The van der Waals surface area contributed by atoms with Crippen molar-refractivity contribution >= 4 is 23.0 Å². The lowest BCUT2D eigenvalue weighted by Gasteiger charge is -2.22. The Kier molecular flexibility index (Phi) is 4.57. The number of nitrogen functional groups attached to an aromatic ring is 1. The number of amides is 1. The normalized spacial score (nSPS) is 9.76. The molecule has 4 heteroatoms. The van der Waals surface area contributed by atoms with E-state index < -0.39 is 0 Å². The highest BCUT2D eigenvalue weighted by Crippen LogP contribution is 2.25. The van der Waals surface area contributed by atoms with Crippen LogP contribution in [0.5, 0.6) is 0 Å². The van der Waals surface area contributed by atoms with Crippen LogP contribution in [0.1, 0.15) is 13.8 Å². The molecule has 0 aliphatic rings. The first-order chi connectivity index (χ1) is 8.12.